The maximum atomic E-state index is 13.2. The summed E-state index contributed by atoms with van der Waals surface area (Å²) < 4.78 is 63.2. The van der Waals surface area contributed by atoms with Crippen molar-refractivity contribution in [3.05, 3.63) is 30.1 Å². The maximum absolute atomic E-state index is 13.2. The number of rotatable bonds is 2. The summed E-state index contributed by atoms with van der Waals surface area (Å²) in [6, 6.07) is 5.73. The zero-order chi connectivity index (χ0) is 14.3. The van der Waals surface area contributed by atoms with E-state index in [4.69, 9.17) is 5.84 Å². The van der Waals surface area contributed by atoms with Gasteiger partial charge in [0, 0.05) is 5.39 Å². The number of para-hydroxylation sites is 1. The van der Waals surface area contributed by atoms with E-state index in [0.29, 0.717) is 0 Å². The number of nitrogens with two attached hydrogens (primary N) is 1. The van der Waals surface area contributed by atoms with Gasteiger partial charge in [-0.15, -0.1) is 0 Å². The molecule has 0 aliphatic rings. The van der Waals surface area contributed by atoms with Crippen molar-refractivity contribution in [1.29, 1.82) is 0 Å². The van der Waals surface area contributed by atoms with Crippen LogP contribution in [0.25, 0.3) is 10.9 Å². The largest absolute Gasteiger partial charge is 0.461 e. The molecule has 9 heteroatoms. The molecule has 0 aliphatic heterocycles. The highest BCUT2D eigenvalue weighted by atomic mass is 19.4. The Bertz CT molecular complexity index is 610. The van der Waals surface area contributed by atoms with Crippen molar-refractivity contribution in [1.82, 2.24) is 9.97 Å². The van der Waals surface area contributed by atoms with E-state index >= 15 is 0 Å². The number of benzene rings is 1. The molecule has 3 N–H and O–H groups in total. The monoisotopic (exact) mass is 278 g/mol. The first kappa shape index (κ1) is 13.4. The first-order valence-electron chi connectivity index (χ1n) is 4.96. The number of nitrogen functional groups attached to an aromatic ring is 1. The van der Waals surface area contributed by atoms with Gasteiger partial charge < -0.3 is 5.43 Å². The van der Waals surface area contributed by atoms with Crippen molar-refractivity contribution >= 4 is 16.7 Å². The lowest BCUT2D eigenvalue weighted by atomic mass is 10.2. The predicted octanol–water partition coefficient (Wildman–Crippen LogP) is 2.57. The van der Waals surface area contributed by atoms with Crippen LogP contribution in [0.5, 0.6) is 0 Å². The third kappa shape index (κ3) is 2.16. The maximum Gasteiger partial charge on any atom is 0.461 e. The number of alkyl halides is 5. The minimum Gasteiger partial charge on any atom is -0.308 e. The SMILES string of the molecule is NNc1nc(C(F)(F)C(F)(F)F)nc2ccccc12. The molecule has 2 aromatic rings. The normalized spacial score (nSPS) is 12.7. The molecule has 4 nitrogen and oxygen atoms in total. The number of halogens is 5. The fraction of sp³-hybridized carbons (Fsp3) is 0.200. The molecule has 0 atom stereocenters. The van der Waals surface area contributed by atoms with E-state index < -0.39 is 17.9 Å². The van der Waals surface area contributed by atoms with Crippen LogP contribution in [0.4, 0.5) is 27.8 Å². The topological polar surface area (TPSA) is 63.8 Å². The van der Waals surface area contributed by atoms with Gasteiger partial charge >= 0.3 is 12.1 Å². The zero-order valence-corrected chi connectivity index (χ0v) is 9.17. The molecule has 0 radical (unpaired) electrons. The number of aromatic nitrogens is 2. The minimum atomic E-state index is -5.78. The quantitative estimate of drug-likeness (QED) is 0.503. The average molecular weight is 278 g/mol. The molecule has 0 saturated heterocycles. The summed E-state index contributed by atoms with van der Waals surface area (Å²) in [7, 11) is 0. The predicted molar refractivity (Wildman–Crippen MR) is 57.3 cm³/mol. The van der Waals surface area contributed by atoms with Crippen LogP contribution in [0.1, 0.15) is 5.82 Å². The van der Waals surface area contributed by atoms with E-state index in [2.05, 4.69) is 9.97 Å². The van der Waals surface area contributed by atoms with Gasteiger partial charge in [-0.2, -0.15) is 22.0 Å². The Balaban J connectivity index is 2.70. The van der Waals surface area contributed by atoms with Crippen molar-refractivity contribution in [2.45, 2.75) is 12.1 Å². The van der Waals surface area contributed by atoms with Crippen LogP contribution in [-0.2, 0) is 5.92 Å². The fourth-order valence-electron chi connectivity index (χ4n) is 1.45. The molecule has 102 valence electrons. The Hall–Kier alpha value is -2.03. The Labute approximate surface area is 103 Å². The van der Waals surface area contributed by atoms with E-state index in [1.165, 1.54) is 18.2 Å². The van der Waals surface area contributed by atoms with Crippen LogP contribution in [0.15, 0.2) is 24.3 Å². The Morgan fingerprint density at radius 1 is 1.00 bits per heavy atom. The summed E-state index contributed by atoms with van der Waals surface area (Å²) in [5.74, 6) is -2.03. The standard InChI is InChI=1S/C10H7F5N4/c11-9(12,10(13,14)15)8-17-6-4-2-1-3-5(6)7(18-8)19-16/h1-4H,16H2,(H,17,18,19). The lowest BCUT2D eigenvalue weighted by Gasteiger charge is -2.19. The van der Waals surface area contributed by atoms with Gasteiger partial charge in [0.25, 0.3) is 0 Å². The molecular formula is C10H7F5N4. The second-order valence-electron chi connectivity index (χ2n) is 3.63. The molecule has 0 aliphatic carbocycles. The van der Waals surface area contributed by atoms with Gasteiger partial charge in [0.05, 0.1) is 5.52 Å². The van der Waals surface area contributed by atoms with Gasteiger partial charge in [0.2, 0.25) is 5.82 Å². The lowest BCUT2D eigenvalue weighted by Crippen LogP contribution is -2.35. The Morgan fingerprint density at radius 2 is 1.63 bits per heavy atom. The molecule has 0 bridgehead atoms. The van der Waals surface area contributed by atoms with Crippen LogP contribution < -0.4 is 11.3 Å². The van der Waals surface area contributed by atoms with Gasteiger partial charge in [-0.05, 0) is 12.1 Å². The first-order valence-corrected chi connectivity index (χ1v) is 4.96. The summed E-state index contributed by atoms with van der Waals surface area (Å²) in [5, 5.41) is 0.242. The number of anilines is 1. The molecule has 0 amide bonds. The summed E-state index contributed by atoms with van der Waals surface area (Å²) in [6.07, 6.45) is -5.78. The third-order valence-corrected chi connectivity index (χ3v) is 2.38. The van der Waals surface area contributed by atoms with Gasteiger partial charge in [-0.25, -0.2) is 15.8 Å². The second-order valence-corrected chi connectivity index (χ2v) is 3.63. The van der Waals surface area contributed by atoms with E-state index in [9.17, 15) is 22.0 Å². The number of hydrogen-bond acceptors (Lipinski definition) is 4. The summed E-state index contributed by atoms with van der Waals surface area (Å²) in [6.45, 7) is 0. The number of nitrogens with one attached hydrogen (secondary N) is 1. The van der Waals surface area contributed by atoms with Crippen molar-refractivity contribution in [2.75, 3.05) is 5.43 Å². The van der Waals surface area contributed by atoms with Crippen LogP contribution in [0.2, 0.25) is 0 Å². The van der Waals surface area contributed by atoms with E-state index in [-0.39, 0.29) is 16.7 Å². The van der Waals surface area contributed by atoms with Crippen LogP contribution in [0.3, 0.4) is 0 Å². The van der Waals surface area contributed by atoms with Crippen molar-refractivity contribution in [3.8, 4) is 0 Å². The van der Waals surface area contributed by atoms with E-state index in [1.54, 1.807) is 6.07 Å². The van der Waals surface area contributed by atoms with Crippen molar-refractivity contribution in [2.24, 2.45) is 5.84 Å². The van der Waals surface area contributed by atoms with Crippen LogP contribution in [-0.4, -0.2) is 16.1 Å². The molecule has 0 unspecified atom stereocenters. The molecular weight excluding hydrogens is 271 g/mol. The van der Waals surface area contributed by atoms with Crippen molar-refractivity contribution < 1.29 is 22.0 Å². The summed E-state index contributed by atoms with van der Waals surface area (Å²) in [4.78, 5) is 6.39. The highest BCUT2D eigenvalue weighted by Gasteiger charge is 2.61. The van der Waals surface area contributed by atoms with Crippen LogP contribution in [0, 0.1) is 0 Å². The lowest BCUT2D eigenvalue weighted by molar-refractivity contribution is -0.292. The molecule has 0 spiro atoms. The highest BCUT2D eigenvalue weighted by molar-refractivity contribution is 5.88. The van der Waals surface area contributed by atoms with E-state index in [1.807, 2.05) is 5.43 Å². The minimum absolute atomic E-state index is 0.0654. The van der Waals surface area contributed by atoms with Gasteiger partial charge in [0.15, 0.2) is 5.82 Å². The smallest absolute Gasteiger partial charge is 0.308 e. The highest BCUT2D eigenvalue weighted by Crippen LogP contribution is 2.43. The molecule has 2 rings (SSSR count). The molecule has 0 fully saturated rings. The molecule has 0 saturated carbocycles. The first-order chi connectivity index (χ1) is 8.77. The second kappa shape index (κ2) is 4.26. The molecule has 1 aromatic heterocycles. The molecule has 1 heterocycles. The van der Waals surface area contributed by atoms with Gasteiger partial charge in [0.1, 0.15) is 0 Å². The summed E-state index contributed by atoms with van der Waals surface area (Å²) >= 11 is 0. The zero-order valence-electron chi connectivity index (χ0n) is 9.17. The average Bonchev–Trinajstić information content (AvgIpc) is 2.36. The number of fused-ring (bicyclic) bond motifs is 1. The van der Waals surface area contributed by atoms with E-state index in [0.717, 1.165) is 0 Å². The summed E-state index contributed by atoms with van der Waals surface area (Å²) in [5.41, 5.74) is 1.92. The van der Waals surface area contributed by atoms with Crippen LogP contribution >= 0.6 is 0 Å². The number of hydrogen-bond donors (Lipinski definition) is 2. The Kier molecular flexibility index (Phi) is 3.01. The fourth-order valence-corrected chi connectivity index (χ4v) is 1.45. The number of hydrazine groups is 1. The molecule has 19 heavy (non-hydrogen) atoms. The number of nitrogens with zero attached hydrogens (tertiary/aromatic N) is 2. The Morgan fingerprint density at radius 3 is 2.21 bits per heavy atom. The van der Waals surface area contributed by atoms with Gasteiger partial charge in [-0.3, -0.25) is 0 Å². The molecule has 1 aromatic carbocycles. The van der Waals surface area contributed by atoms with Gasteiger partial charge in [-0.1, -0.05) is 12.1 Å². The van der Waals surface area contributed by atoms with Crippen molar-refractivity contribution in [3.63, 3.8) is 0 Å². The third-order valence-electron chi connectivity index (χ3n) is 2.38.